The molecule has 1 N–H and O–H groups in total. The van der Waals surface area contributed by atoms with Gasteiger partial charge in [0.05, 0.1) is 11.0 Å². The minimum absolute atomic E-state index is 0.206. The number of sulfone groups is 1. The smallest absolute Gasteiger partial charge is 0.153 e. The lowest BCUT2D eigenvalue weighted by atomic mass is 10.4. The third-order valence-corrected chi connectivity index (χ3v) is 6.11. The van der Waals surface area contributed by atoms with Gasteiger partial charge < -0.3 is 5.32 Å². The number of rotatable bonds is 6. The Morgan fingerprint density at radius 2 is 2.19 bits per heavy atom. The normalized spacial score (nSPS) is 12.2. The standard InChI is InChI=1S/C10H16BrNO2S2/c1-8(2)16(13,14)4-3-12-6-10-5-9(11)7-15-10/h5,7-8,12H,3-4,6H2,1-2H3. The molecule has 0 amide bonds. The van der Waals surface area contributed by atoms with Crippen LogP contribution in [-0.4, -0.2) is 26.0 Å². The zero-order valence-corrected chi connectivity index (χ0v) is 12.6. The molecule has 1 aromatic rings. The van der Waals surface area contributed by atoms with E-state index in [1.54, 1.807) is 25.2 Å². The summed E-state index contributed by atoms with van der Waals surface area (Å²) in [6.45, 7) is 4.66. The summed E-state index contributed by atoms with van der Waals surface area (Å²) in [6.07, 6.45) is 0. The maximum absolute atomic E-state index is 11.5. The van der Waals surface area contributed by atoms with Gasteiger partial charge in [0.25, 0.3) is 0 Å². The maximum Gasteiger partial charge on any atom is 0.153 e. The Morgan fingerprint density at radius 1 is 1.50 bits per heavy atom. The molecule has 0 radical (unpaired) electrons. The summed E-state index contributed by atoms with van der Waals surface area (Å²) in [6, 6.07) is 2.04. The Hall–Kier alpha value is 0.0900. The van der Waals surface area contributed by atoms with Crippen LogP contribution in [0.1, 0.15) is 18.7 Å². The van der Waals surface area contributed by atoms with Crippen LogP contribution in [0, 0.1) is 0 Å². The predicted octanol–water partition coefficient (Wildman–Crippen LogP) is 2.42. The van der Waals surface area contributed by atoms with E-state index >= 15 is 0 Å². The molecule has 0 aromatic carbocycles. The summed E-state index contributed by atoms with van der Waals surface area (Å²) in [5.41, 5.74) is 0. The van der Waals surface area contributed by atoms with Gasteiger partial charge in [-0.2, -0.15) is 0 Å². The minimum atomic E-state index is -2.92. The topological polar surface area (TPSA) is 46.2 Å². The summed E-state index contributed by atoms with van der Waals surface area (Å²) in [5, 5.41) is 4.87. The van der Waals surface area contributed by atoms with Gasteiger partial charge in [-0.3, -0.25) is 0 Å². The molecule has 0 spiro atoms. The first kappa shape index (κ1) is 14.2. The first-order chi connectivity index (χ1) is 7.42. The van der Waals surface area contributed by atoms with Crippen molar-refractivity contribution in [2.45, 2.75) is 25.6 Å². The van der Waals surface area contributed by atoms with E-state index in [1.807, 2.05) is 11.4 Å². The van der Waals surface area contributed by atoms with Crippen LogP contribution in [0.5, 0.6) is 0 Å². The first-order valence-corrected chi connectivity index (χ1v) is 8.46. The van der Waals surface area contributed by atoms with Crippen molar-refractivity contribution >= 4 is 37.1 Å². The van der Waals surface area contributed by atoms with Gasteiger partial charge in [-0.1, -0.05) is 0 Å². The molecule has 92 valence electrons. The van der Waals surface area contributed by atoms with Gasteiger partial charge in [0, 0.05) is 27.8 Å². The van der Waals surface area contributed by atoms with Gasteiger partial charge in [0.2, 0.25) is 0 Å². The number of nitrogens with one attached hydrogen (secondary N) is 1. The Labute approximate surface area is 109 Å². The SMILES string of the molecule is CC(C)S(=O)(=O)CCNCc1cc(Br)cs1. The third-order valence-electron chi connectivity index (χ3n) is 2.20. The molecule has 0 saturated heterocycles. The molecule has 6 heteroatoms. The summed E-state index contributed by atoms with van der Waals surface area (Å²) < 4.78 is 24.1. The molecular formula is C10H16BrNO2S2. The summed E-state index contributed by atoms with van der Waals surface area (Å²) >= 11 is 5.03. The Bertz CT molecular complexity index is 426. The van der Waals surface area contributed by atoms with Gasteiger partial charge in [0.1, 0.15) is 0 Å². The van der Waals surface area contributed by atoms with Crippen molar-refractivity contribution < 1.29 is 8.42 Å². The summed E-state index contributed by atoms with van der Waals surface area (Å²) in [7, 11) is -2.92. The largest absolute Gasteiger partial charge is 0.311 e. The van der Waals surface area contributed by atoms with Crippen LogP contribution in [0.25, 0.3) is 0 Å². The molecule has 1 aromatic heterocycles. The molecule has 16 heavy (non-hydrogen) atoms. The van der Waals surface area contributed by atoms with Crippen LogP contribution >= 0.6 is 27.3 Å². The average molecular weight is 326 g/mol. The van der Waals surface area contributed by atoms with Crippen LogP contribution in [0.4, 0.5) is 0 Å². The molecule has 1 rings (SSSR count). The van der Waals surface area contributed by atoms with E-state index in [4.69, 9.17) is 0 Å². The van der Waals surface area contributed by atoms with E-state index in [1.165, 1.54) is 4.88 Å². The van der Waals surface area contributed by atoms with E-state index in [0.29, 0.717) is 6.54 Å². The van der Waals surface area contributed by atoms with Crippen LogP contribution in [-0.2, 0) is 16.4 Å². The van der Waals surface area contributed by atoms with Crippen molar-refractivity contribution in [3.63, 3.8) is 0 Å². The molecule has 3 nitrogen and oxygen atoms in total. The fourth-order valence-electron chi connectivity index (χ4n) is 1.11. The molecule has 0 aliphatic carbocycles. The van der Waals surface area contributed by atoms with E-state index in [2.05, 4.69) is 21.2 Å². The maximum atomic E-state index is 11.5. The number of hydrogen-bond acceptors (Lipinski definition) is 4. The second-order valence-electron chi connectivity index (χ2n) is 3.82. The quantitative estimate of drug-likeness (QED) is 0.817. The summed E-state index contributed by atoms with van der Waals surface area (Å²) in [5.74, 6) is 0.206. The van der Waals surface area contributed by atoms with Crippen molar-refractivity contribution in [1.29, 1.82) is 0 Å². The number of halogens is 1. The molecule has 0 aliphatic heterocycles. The molecule has 0 fully saturated rings. The van der Waals surface area contributed by atoms with E-state index < -0.39 is 9.84 Å². The monoisotopic (exact) mass is 325 g/mol. The lowest BCUT2D eigenvalue weighted by molar-refractivity contribution is 0.582. The highest BCUT2D eigenvalue weighted by Gasteiger charge is 2.14. The van der Waals surface area contributed by atoms with E-state index in [-0.39, 0.29) is 11.0 Å². The molecular weight excluding hydrogens is 310 g/mol. The zero-order chi connectivity index (χ0) is 12.2. The van der Waals surface area contributed by atoms with Gasteiger partial charge in [-0.25, -0.2) is 8.42 Å². The molecule has 0 unspecified atom stereocenters. The highest BCUT2D eigenvalue weighted by molar-refractivity contribution is 9.10. The van der Waals surface area contributed by atoms with Crippen molar-refractivity contribution in [1.82, 2.24) is 5.32 Å². The molecule has 0 aliphatic rings. The molecule has 0 bridgehead atoms. The fourth-order valence-corrected chi connectivity index (χ4v) is 3.43. The number of hydrogen-bond donors (Lipinski definition) is 1. The van der Waals surface area contributed by atoms with Gasteiger partial charge >= 0.3 is 0 Å². The average Bonchev–Trinajstić information content (AvgIpc) is 2.59. The molecule has 0 saturated carbocycles. The van der Waals surface area contributed by atoms with Crippen molar-refractivity contribution in [2.75, 3.05) is 12.3 Å². The third kappa shape index (κ3) is 4.53. The van der Waals surface area contributed by atoms with Gasteiger partial charge in [0.15, 0.2) is 9.84 Å². The number of thiophene rings is 1. The Kier molecular flexibility index (Phi) is 5.43. The lowest BCUT2D eigenvalue weighted by Crippen LogP contribution is -2.26. The lowest BCUT2D eigenvalue weighted by Gasteiger charge is -2.07. The first-order valence-electron chi connectivity index (χ1n) is 5.07. The molecule has 0 atom stereocenters. The fraction of sp³-hybridized carbons (Fsp3) is 0.600. The van der Waals surface area contributed by atoms with E-state index in [9.17, 15) is 8.42 Å². The van der Waals surface area contributed by atoms with Crippen molar-refractivity contribution in [3.8, 4) is 0 Å². The van der Waals surface area contributed by atoms with Crippen LogP contribution in [0.15, 0.2) is 15.9 Å². The highest BCUT2D eigenvalue weighted by atomic mass is 79.9. The minimum Gasteiger partial charge on any atom is -0.311 e. The zero-order valence-electron chi connectivity index (χ0n) is 9.36. The van der Waals surface area contributed by atoms with E-state index in [0.717, 1.165) is 11.0 Å². The van der Waals surface area contributed by atoms with Gasteiger partial charge in [-0.05, 0) is 35.8 Å². The second-order valence-corrected chi connectivity index (χ2v) is 8.41. The Morgan fingerprint density at radius 3 is 2.69 bits per heavy atom. The van der Waals surface area contributed by atoms with Crippen LogP contribution < -0.4 is 5.32 Å². The Balaban J connectivity index is 2.27. The predicted molar refractivity (Wildman–Crippen MR) is 72.6 cm³/mol. The second kappa shape index (κ2) is 6.14. The molecule has 1 heterocycles. The summed E-state index contributed by atoms with van der Waals surface area (Å²) in [4.78, 5) is 1.20. The van der Waals surface area contributed by atoms with Crippen molar-refractivity contribution in [2.24, 2.45) is 0 Å². The van der Waals surface area contributed by atoms with Crippen molar-refractivity contribution in [3.05, 3.63) is 20.8 Å². The van der Waals surface area contributed by atoms with Crippen LogP contribution in [0.2, 0.25) is 0 Å². The highest BCUT2D eigenvalue weighted by Crippen LogP contribution is 2.19. The van der Waals surface area contributed by atoms with Gasteiger partial charge in [-0.15, -0.1) is 11.3 Å². The van der Waals surface area contributed by atoms with Crippen LogP contribution in [0.3, 0.4) is 0 Å².